The summed E-state index contributed by atoms with van der Waals surface area (Å²) in [5.74, 6) is 0.202. The van der Waals surface area contributed by atoms with Gasteiger partial charge in [-0.1, -0.05) is 109 Å². The number of hydrogen-bond acceptors (Lipinski definition) is 2. The van der Waals surface area contributed by atoms with Crippen LogP contribution in [0.5, 0.6) is 0 Å². The van der Waals surface area contributed by atoms with Crippen LogP contribution in [-0.4, -0.2) is 14.2 Å². The average Bonchev–Trinajstić information content (AvgIpc) is 2.62. The topological polar surface area (TPSA) is 46.2 Å². The molecule has 0 saturated heterocycles. The summed E-state index contributed by atoms with van der Waals surface area (Å²) in [5.41, 5.74) is 0.526. The van der Waals surface area contributed by atoms with Crippen molar-refractivity contribution in [2.45, 2.75) is 96.8 Å². The molecule has 0 aromatic heterocycles. The largest absolute Gasteiger partial charge is 0.283 e. The quantitative estimate of drug-likeness (QED) is 0.305. The molecule has 0 bridgehead atoms. The van der Waals surface area contributed by atoms with Crippen LogP contribution in [0.3, 0.4) is 0 Å². The zero-order valence-electron chi connectivity index (χ0n) is 16.6. The lowest BCUT2D eigenvalue weighted by atomic mass is 10.0. The van der Waals surface area contributed by atoms with Crippen molar-refractivity contribution in [3.05, 3.63) is 30.3 Å². The van der Waals surface area contributed by atoms with Crippen molar-refractivity contribution in [1.29, 1.82) is 0 Å². The summed E-state index contributed by atoms with van der Waals surface area (Å²) in [6.07, 6.45) is 17.8. The highest BCUT2D eigenvalue weighted by Gasteiger charge is 2.09. The molecule has 149 valence electrons. The number of nitrogens with one attached hydrogen (secondary N) is 1. The van der Waals surface area contributed by atoms with Gasteiger partial charge in [0.15, 0.2) is 0 Å². The van der Waals surface area contributed by atoms with Crippen LogP contribution in [0, 0.1) is 6.07 Å². The van der Waals surface area contributed by atoms with Gasteiger partial charge in [-0.25, -0.2) is 8.42 Å². The SMILES string of the molecule is CCCCCCCCCCCCCCCCS(=O)(=O)Nc1[c]cccc1. The number of sulfonamides is 1. The Hall–Kier alpha value is -1.03. The number of para-hydroxylation sites is 1. The van der Waals surface area contributed by atoms with Gasteiger partial charge in [-0.15, -0.1) is 0 Å². The lowest BCUT2D eigenvalue weighted by Crippen LogP contribution is -2.16. The second-order valence-electron chi connectivity index (χ2n) is 7.29. The van der Waals surface area contributed by atoms with Crippen molar-refractivity contribution < 1.29 is 8.42 Å². The van der Waals surface area contributed by atoms with Gasteiger partial charge >= 0.3 is 0 Å². The molecule has 0 heterocycles. The van der Waals surface area contributed by atoms with E-state index in [0.29, 0.717) is 5.69 Å². The lowest BCUT2D eigenvalue weighted by Gasteiger charge is -2.07. The molecule has 0 aliphatic carbocycles. The first kappa shape index (κ1) is 23.0. The Morgan fingerprint density at radius 1 is 0.769 bits per heavy atom. The molecule has 0 aliphatic heterocycles. The molecule has 0 spiro atoms. The maximum atomic E-state index is 12.0. The smallest absolute Gasteiger partial charge is 0.232 e. The number of rotatable bonds is 17. The van der Waals surface area contributed by atoms with Crippen molar-refractivity contribution in [2.24, 2.45) is 0 Å². The molecule has 1 aromatic carbocycles. The number of anilines is 1. The second kappa shape index (κ2) is 15.1. The molecular formula is C22H38NO2S. The van der Waals surface area contributed by atoms with Gasteiger partial charge in [0.25, 0.3) is 0 Å². The van der Waals surface area contributed by atoms with Crippen molar-refractivity contribution in [2.75, 3.05) is 10.5 Å². The Labute approximate surface area is 162 Å². The maximum Gasteiger partial charge on any atom is 0.232 e. The fourth-order valence-corrected chi connectivity index (χ4v) is 4.31. The summed E-state index contributed by atoms with van der Waals surface area (Å²) in [4.78, 5) is 0. The lowest BCUT2D eigenvalue weighted by molar-refractivity contribution is 0.537. The zero-order valence-corrected chi connectivity index (χ0v) is 17.5. The molecule has 4 heteroatoms. The van der Waals surface area contributed by atoms with Crippen molar-refractivity contribution in [3.63, 3.8) is 0 Å². The van der Waals surface area contributed by atoms with Crippen LogP contribution in [-0.2, 0) is 10.0 Å². The predicted octanol–water partition coefficient (Wildman–Crippen LogP) is 6.71. The normalized spacial score (nSPS) is 11.6. The number of hydrogen-bond donors (Lipinski definition) is 1. The summed E-state index contributed by atoms with van der Waals surface area (Å²) in [6, 6.07) is 9.95. The third-order valence-corrected chi connectivity index (χ3v) is 6.10. The molecule has 26 heavy (non-hydrogen) atoms. The Bertz CT molecular complexity index is 528. The Morgan fingerprint density at radius 2 is 1.27 bits per heavy atom. The van der Waals surface area contributed by atoms with E-state index >= 15 is 0 Å². The molecule has 1 aromatic rings. The van der Waals surface area contributed by atoms with Crippen LogP contribution in [0.25, 0.3) is 0 Å². The van der Waals surface area contributed by atoms with E-state index in [1.54, 1.807) is 18.2 Å². The molecule has 0 aliphatic rings. The highest BCUT2D eigenvalue weighted by Crippen LogP contribution is 2.14. The van der Waals surface area contributed by atoms with Gasteiger partial charge in [-0.3, -0.25) is 4.72 Å². The van der Waals surface area contributed by atoms with Crippen LogP contribution in [0.15, 0.2) is 24.3 Å². The van der Waals surface area contributed by atoms with Gasteiger partial charge in [0.05, 0.1) is 11.4 Å². The minimum absolute atomic E-state index is 0.202. The molecule has 0 atom stereocenters. The van der Waals surface area contributed by atoms with Crippen molar-refractivity contribution >= 4 is 15.7 Å². The van der Waals surface area contributed by atoms with E-state index in [1.807, 2.05) is 6.07 Å². The third kappa shape index (κ3) is 13.2. The Kier molecular flexibility index (Phi) is 13.3. The highest BCUT2D eigenvalue weighted by atomic mass is 32.2. The zero-order chi connectivity index (χ0) is 18.9. The Balaban J connectivity index is 1.88. The summed E-state index contributed by atoms with van der Waals surface area (Å²) >= 11 is 0. The monoisotopic (exact) mass is 380 g/mol. The first-order valence-corrected chi connectivity index (χ1v) is 12.3. The van der Waals surface area contributed by atoms with E-state index in [1.165, 1.54) is 70.6 Å². The number of unbranched alkanes of at least 4 members (excludes halogenated alkanes) is 13. The first-order valence-electron chi connectivity index (χ1n) is 10.6. The molecule has 0 amide bonds. The van der Waals surface area contributed by atoms with E-state index in [0.717, 1.165) is 19.3 Å². The fourth-order valence-electron chi connectivity index (χ4n) is 3.16. The van der Waals surface area contributed by atoms with Crippen molar-refractivity contribution in [3.8, 4) is 0 Å². The molecule has 1 radical (unpaired) electrons. The summed E-state index contributed by atoms with van der Waals surface area (Å²) in [5, 5.41) is 0. The molecular weight excluding hydrogens is 342 g/mol. The molecule has 0 saturated carbocycles. The standard InChI is InChI=1S/C22H38NO2S/c1-2-3-4-5-6-7-8-9-10-11-12-13-14-18-21-26(24,25)23-22-19-16-15-17-20-22/h15-17,19,23H,2-14,18,21H2,1H3. The van der Waals surface area contributed by atoms with E-state index in [9.17, 15) is 8.42 Å². The minimum Gasteiger partial charge on any atom is -0.283 e. The van der Waals surface area contributed by atoms with Crippen molar-refractivity contribution in [1.82, 2.24) is 0 Å². The fraction of sp³-hybridized carbons (Fsp3) is 0.727. The highest BCUT2D eigenvalue weighted by molar-refractivity contribution is 7.92. The van der Waals surface area contributed by atoms with E-state index < -0.39 is 10.0 Å². The van der Waals surface area contributed by atoms with Crippen LogP contribution >= 0.6 is 0 Å². The van der Waals surface area contributed by atoms with E-state index in [-0.39, 0.29) is 5.75 Å². The molecule has 0 unspecified atom stereocenters. The summed E-state index contributed by atoms with van der Waals surface area (Å²) in [6.45, 7) is 2.26. The summed E-state index contributed by atoms with van der Waals surface area (Å²) < 4.78 is 26.6. The Morgan fingerprint density at radius 3 is 1.73 bits per heavy atom. The summed E-state index contributed by atoms with van der Waals surface area (Å²) in [7, 11) is -3.23. The molecule has 3 nitrogen and oxygen atoms in total. The molecule has 1 N–H and O–H groups in total. The van der Waals surface area contributed by atoms with Gasteiger partial charge in [-0.2, -0.15) is 0 Å². The minimum atomic E-state index is -3.23. The van der Waals surface area contributed by atoms with Gasteiger partial charge < -0.3 is 0 Å². The van der Waals surface area contributed by atoms with Crippen LogP contribution in [0.4, 0.5) is 5.69 Å². The van der Waals surface area contributed by atoms with Crippen LogP contribution < -0.4 is 4.72 Å². The van der Waals surface area contributed by atoms with Gasteiger partial charge in [0.2, 0.25) is 10.0 Å². The first-order chi connectivity index (χ1) is 12.6. The van der Waals surface area contributed by atoms with Crippen LogP contribution in [0.2, 0.25) is 0 Å². The maximum absolute atomic E-state index is 12.0. The van der Waals surface area contributed by atoms with Gasteiger partial charge in [0, 0.05) is 6.07 Å². The van der Waals surface area contributed by atoms with Gasteiger partial charge in [0.1, 0.15) is 0 Å². The predicted molar refractivity (Wildman–Crippen MR) is 113 cm³/mol. The van der Waals surface area contributed by atoms with Gasteiger partial charge in [-0.05, 0) is 12.5 Å². The molecule has 1 rings (SSSR count). The number of benzene rings is 1. The van der Waals surface area contributed by atoms with E-state index in [2.05, 4.69) is 17.7 Å². The second-order valence-corrected chi connectivity index (χ2v) is 9.14. The average molecular weight is 381 g/mol. The molecule has 0 fully saturated rings. The van der Waals surface area contributed by atoms with Crippen LogP contribution in [0.1, 0.15) is 96.8 Å². The third-order valence-electron chi connectivity index (χ3n) is 4.74. The van der Waals surface area contributed by atoms with E-state index in [4.69, 9.17) is 0 Å².